The van der Waals surface area contributed by atoms with Crippen molar-refractivity contribution in [2.45, 2.75) is 0 Å². The van der Waals surface area contributed by atoms with Crippen molar-refractivity contribution in [3.8, 4) is 11.5 Å². The normalized spacial score (nSPS) is 12.4. The van der Waals surface area contributed by atoms with Gasteiger partial charge in [-0.15, -0.1) is 0 Å². The molecule has 1 aliphatic rings. The van der Waals surface area contributed by atoms with Crippen molar-refractivity contribution in [1.82, 2.24) is 0 Å². The Morgan fingerprint density at radius 1 is 0.750 bits per heavy atom. The highest BCUT2D eigenvalue weighted by Gasteiger charge is 2.12. The van der Waals surface area contributed by atoms with E-state index < -0.39 is 17.5 Å². The zero-order valence-electron chi connectivity index (χ0n) is 14.7. The largest absolute Gasteiger partial charge is 0.486 e. The average Bonchev–Trinajstić information content (AvgIpc) is 2.71. The number of halogens is 2. The molecule has 0 atom stereocenters. The van der Waals surface area contributed by atoms with Crippen molar-refractivity contribution in [3.63, 3.8) is 0 Å². The highest BCUT2D eigenvalue weighted by Crippen LogP contribution is 2.33. The van der Waals surface area contributed by atoms with Gasteiger partial charge in [0.1, 0.15) is 13.2 Å². The monoisotopic (exact) mass is 382 g/mol. The van der Waals surface area contributed by atoms with E-state index >= 15 is 0 Å². The van der Waals surface area contributed by atoms with Gasteiger partial charge < -0.3 is 20.1 Å². The summed E-state index contributed by atoms with van der Waals surface area (Å²) in [7, 11) is 0. The molecule has 0 fully saturated rings. The number of nitrogens with one attached hydrogen (secondary N) is 2. The maximum atomic E-state index is 13.3. The van der Waals surface area contributed by atoms with Gasteiger partial charge in [0.05, 0.1) is 0 Å². The van der Waals surface area contributed by atoms with Crippen LogP contribution in [-0.2, 0) is 0 Å². The maximum absolute atomic E-state index is 13.3. The van der Waals surface area contributed by atoms with E-state index in [2.05, 4.69) is 10.6 Å². The fourth-order valence-corrected chi connectivity index (χ4v) is 2.77. The van der Waals surface area contributed by atoms with Gasteiger partial charge in [0.15, 0.2) is 23.1 Å². The van der Waals surface area contributed by atoms with Gasteiger partial charge in [0, 0.05) is 28.7 Å². The zero-order valence-corrected chi connectivity index (χ0v) is 14.7. The molecule has 1 aliphatic heterocycles. The van der Waals surface area contributed by atoms with Gasteiger partial charge in [-0.2, -0.15) is 0 Å². The topological polar surface area (TPSA) is 59.6 Å². The lowest BCUT2D eigenvalue weighted by atomic mass is 10.2. The summed E-state index contributed by atoms with van der Waals surface area (Å²) < 4.78 is 37.3. The van der Waals surface area contributed by atoms with Gasteiger partial charge in [-0.3, -0.25) is 4.79 Å². The van der Waals surface area contributed by atoms with Crippen molar-refractivity contribution in [3.05, 3.63) is 77.9 Å². The summed E-state index contributed by atoms with van der Waals surface area (Å²) in [6.07, 6.45) is 0. The Morgan fingerprint density at radius 3 is 2.18 bits per heavy atom. The van der Waals surface area contributed by atoms with Crippen molar-refractivity contribution < 1.29 is 23.0 Å². The number of carbonyl (C=O) groups is 1. The number of anilines is 3. The van der Waals surface area contributed by atoms with Gasteiger partial charge in [-0.05, 0) is 54.6 Å². The number of benzene rings is 3. The SMILES string of the molecule is O=C(Nc1ccc(Nc2ccc3c(c2)OCCO3)cc1)c1ccc(F)c(F)c1. The quantitative estimate of drug-likeness (QED) is 0.685. The van der Waals surface area contributed by atoms with Crippen LogP contribution < -0.4 is 20.1 Å². The Labute approximate surface area is 159 Å². The minimum absolute atomic E-state index is 0.0392. The van der Waals surface area contributed by atoms with Crippen molar-refractivity contribution in [2.24, 2.45) is 0 Å². The Hall–Kier alpha value is -3.61. The lowest BCUT2D eigenvalue weighted by Gasteiger charge is -2.19. The van der Waals surface area contributed by atoms with Crippen LogP contribution in [0.3, 0.4) is 0 Å². The molecule has 0 spiro atoms. The summed E-state index contributed by atoms with van der Waals surface area (Å²) in [5.41, 5.74) is 2.21. The number of amides is 1. The van der Waals surface area contributed by atoms with Crippen LogP contribution in [0.25, 0.3) is 0 Å². The molecule has 0 aromatic heterocycles. The highest BCUT2D eigenvalue weighted by atomic mass is 19.2. The van der Waals surface area contributed by atoms with Crippen LogP contribution in [0.4, 0.5) is 25.8 Å². The number of ether oxygens (including phenoxy) is 2. The molecule has 0 aliphatic carbocycles. The fourth-order valence-electron chi connectivity index (χ4n) is 2.77. The summed E-state index contributed by atoms with van der Waals surface area (Å²) in [5, 5.41) is 5.88. The molecule has 3 aromatic carbocycles. The number of fused-ring (bicyclic) bond motifs is 1. The minimum atomic E-state index is -1.06. The highest BCUT2D eigenvalue weighted by molar-refractivity contribution is 6.04. The van der Waals surface area contributed by atoms with E-state index in [9.17, 15) is 13.6 Å². The van der Waals surface area contributed by atoms with Gasteiger partial charge in [0.2, 0.25) is 0 Å². The summed E-state index contributed by atoms with van der Waals surface area (Å²) >= 11 is 0. The summed E-state index contributed by atoms with van der Waals surface area (Å²) in [5.74, 6) is -1.18. The predicted octanol–water partition coefficient (Wildman–Crippen LogP) is 4.73. The summed E-state index contributed by atoms with van der Waals surface area (Å²) in [4.78, 5) is 12.1. The average molecular weight is 382 g/mol. The molecular formula is C21H16F2N2O3. The second kappa shape index (κ2) is 7.56. The first-order valence-electron chi connectivity index (χ1n) is 8.62. The second-order valence-electron chi connectivity index (χ2n) is 6.14. The molecule has 1 amide bonds. The molecule has 0 saturated carbocycles. The van der Waals surface area contributed by atoms with Crippen molar-refractivity contribution >= 4 is 23.0 Å². The molecule has 0 unspecified atom stereocenters. The van der Waals surface area contributed by atoms with E-state index in [-0.39, 0.29) is 5.56 Å². The minimum Gasteiger partial charge on any atom is -0.486 e. The Bertz CT molecular complexity index is 1020. The van der Waals surface area contributed by atoms with Gasteiger partial charge >= 0.3 is 0 Å². The smallest absolute Gasteiger partial charge is 0.255 e. The van der Waals surface area contributed by atoms with Gasteiger partial charge in [-0.25, -0.2) is 8.78 Å². The summed E-state index contributed by atoms with van der Waals surface area (Å²) in [6, 6.07) is 15.6. The van der Waals surface area contributed by atoms with Gasteiger partial charge in [0.25, 0.3) is 5.91 Å². The number of hydrogen-bond acceptors (Lipinski definition) is 4. The first kappa shape index (κ1) is 17.8. The van der Waals surface area contributed by atoms with Crippen molar-refractivity contribution in [1.29, 1.82) is 0 Å². The van der Waals surface area contributed by atoms with Crippen LogP contribution in [-0.4, -0.2) is 19.1 Å². The summed E-state index contributed by atoms with van der Waals surface area (Å²) in [6.45, 7) is 1.06. The van der Waals surface area contributed by atoms with Crippen molar-refractivity contribution in [2.75, 3.05) is 23.8 Å². The van der Waals surface area contributed by atoms with Crippen LogP contribution in [0.2, 0.25) is 0 Å². The number of rotatable bonds is 4. The number of carbonyl (C=O) groups excluding carboxylic acids is 1. The van der Waals surface area contributed by atoms with Crippen LogP contribution in [0.5, 0.6) is 11.5 Å². The van der Waals surface area contributed by atoms with E-state index in [0.717, 1.165) is 23.5 Å². The molecular weight excluding hydrogens is 366 g/mol. The molecule has 142 valence electrons. The fraction of sp³-hybridized carbons (Fsp3) is 0.0952. The van der Waals surface area contributed by atoms with E-state index in [0.29, 0.717) is 30.4 Å². The molecule has 5 nitrogen and oxygen atoms in total. The van der Waals surface area contributed by atoms with Gasteiger partial charge in [-0.1, -0.05) is 0 Å². The first-order valence-corrected chi connectivity index (χ1v) is 8.62. The standard InChI is InChI=1S/C21H16F2N2O3/c22-17-7-1-13(11-18(17)23)21(26)25-15-4-2-14(3-5-15)24-16-6-8-19-20(12-16)28-10-9-27-19/h1-8,11-12,24H,9-10H2,(H,25,26). The molecule has 1 heterocycles. The molecule has 0 saturated heterocycles. The van der Waals surface area contributed by atoms with Crippen LogP contribution in [0.1, 0.15) is 10.4 Å². The first-order chi connectivity index (χ1) is 13.6. The van der Waals surface area contributed by atoms with E-state index in [1.807, 2.05) is 18.2 Å². The predicted molar refractivity (Wildman–Crippen MR) is 101 cm³/mol. The van der Waals surface area contributed by atoms with E-state index in [1.54, 1.807) is 24.3 Å². The molecule has 28 heavy (non-hydrogen) atoms. The van der Waals surface area contributed by atoms with Crippen LogP contribution in [0, 0.1) is 11.6 Å². The Morgan fingerprint density at radius 2 is 1.43 bits per heavy atom. The van der Waals surface area contributed by atoms with Crippen LogP contribution in [0.15, 0.2) is 60.7 Å². The number of hydrogen-bond donors (Lipinski definition) is 2. The van der Waals surface area contributed by atoms with E-state index in [1.165, 1.54) is 6.07 Å². The Kier molecular flexibility index (Phi) is 4.80. The zero-order chi connectivity index (χ0) is 19.5. The maximum Gasteiger partial charge on any atom is 0.255 e. The lowest BCUT2D eigenvalue weighted by Crippen LogP contribution is -2.15. The molecule has 0 radical (unpaired) electrons. The molecule has 7 heteroatoms. The Balaban J connectivity index is 1.42. The third-order valence-electron chi connectivity index (χ3n) is 4.16. The third-order valence-corrected chi connectivity index (χ3v) is 4.16. The van der Waals surface area contributed by atoms with E-state index in [4.69, 9.17) is 9.47 Å². The van der Waals surface area contributed by atoms with Crippen LogP contribution >= 0.6 is 0 Å². The molecule has 3 aromatic rings. The second-order valence-corrected chi connectivity index (χ2v) is 6.14. The third kappa shape index (κ3) is 3.88. The lowest BCUT2D eigenvalue weighted by molar-refractivity contribution is 0.102. The molecule has 2 N–H and O–H groups in total. The molecule has 0 bridgehead atoms. The molecule has 4 rings (SSSR count).